The number of hydrogen-bond donors (Lipinski definition) is 0. The fourth-order valence-electron chi connectivity index (χ4n) is 2.83. The number of hydrogen-bond acceptors (Lipinski definition) is 4. The van der Waals surface area contributed by atoms with E-state index in [1.54, 1.807) is 19.2 Å². The number of anilines is 2. The summed E-state index contributed by atoms with van der Waals surface area (Å²) in [4.78, 5) is 9.30. The molecule has 0 atom stereocenters. The Morgan fingerprint density at radius 1 is 1.07 bits per heavy atom. The number of unbranched alkanes of at least 4 members (excludes halogenated alkanes) is 3. The van der Waals surface area contributed by atoms with E-state index < -0.39 is 11.7 Å². The van der Waals surface area contributed by atoms with Crippen molar-refractivity contribution < 1.29 is 17.9 Å². The van der Waals surface area contributed by atoms with Gasteiger partial charge >= 0.3 is 12.2 Å². The fourth-order valence-corrected chi connectivity index (χ4v) is 2.83. The number of aromatic nitrogens is 2. The van der Waals surface area contributed by atoms with Gasteiger partial charge in [0.2, 0.25) is 0 Å². The van der Waals surface area contributed by atoms with Crippen molar-refractivity contribution >= 4 is 11.5 Å². The van der Waals surface area contributed by atoms with Crippen LogP contribution in [0.3, 0.4) is 0 Å². The summed E-state index contributed by atoms with van der Waals surface area (Å²) < 4.78 is 45.9. The van der Waals surface area contributed by atoms with Crippen LogP contribution in [0.2, 0.25) is 0 Å². The van der Waals surface area contributed by atoms with Crippen LogP contribution in [0.5, 0.6) is 6.01 Å². The first kappa shape index (κ1) is 21.0. The van der Waals surface area contributed by atoms with Gasteiger partial charge in [-0.15, -0.1) is 0 Å². The molecule has 2 aromatic rings. The molecule has 148 valence electrons. The summed E-state index contributed by atoms with van der Waals surface area (Å²) in [5.41, 5.74) is 0.737. The molecular weight excluding hydrogens is 355 g/mol. The van der Waals surface area contributed by atoms with E-state index >= 15 is 0 Å². The summed E-state index contributed by atoms with van der Waals surface area (Å²) in [6, 6.07) is 7.31. The second-order valence-corrected chi connectivity index (χ2v) is 6.34. The Bertz CT molecular complexity index is 735. The minimum Gasteiger partial charge on any atom is -0.463 e. The monoisotopic (exact) mass is 381 g/mol. The van der Waals surface area contributed by atoms with Crippen LogP contribution in [0.4, 0.5) is 24.7 Å². The molecule has 0 radical (unpaired) electrons. The molecule has 0 bridgehead atoms. The lowest BCUT2D eigenvalue weighted by molar-refractivity contribution is -0.137. The lowest BCUT2D eigenvalue weighted by Crippen LogP contribution is -2.20. The maximum absolute atomic E-state index is 13.5. The van der Waals surface area contributed by atoms with Crippen LogP contribution in [0.15, 0.2) is 30.5 Å². The van der Waals surface area contributed by atoms with E-state index in [9.17, 15) is 13.2 Å². The molecule has 0 aliphatic heterocycles. The molecule has 2 rings (SSSR count). The van der Waals surface area contributed by atoms with Crippen molar-refractivity contribution in [1.82, 2.24) is 9.97 Å². The lowest BCUT2D eigenvalue weighted by atomic mass is 10.1. The van der Waals surface area contributed by atoms with E-state index in [0.717, 1.165) is 37.4 Å². The van der Waals surface area contributed by atoms with E-state index in [1.807, 2.05) is 19.1 Å². The van der Waals surface area contributed by atoms with Gasteiger partial charge in [0.25, 0.3) is 0 Å². The number of para-hydroxylation sites is 1. The molecule has 0 amide bonds. The quantitative estimate of drug-likeness (QED) is 0.516. The van der Waals surface area contributed by atoms with Gasteiger partial charge in [0.15, 0.2) is 5.82 Å². The van der Waals surface area contributed by atoms with Crippen molar-refractivity contribution in [1.29, 1.82) is 0 Å². The van der Waals surface area contributed by atoms with Gasteiger partial charge in [0, 0.05) is 18.9 Å². The third-order valence-corrected chi connectivity index (χ3v) is 4.33. The number of ether oxygens (including phenoxy) is 1. The highest BCUT2D eigenvalue weighted by Crippen LogP contribution is 2.38. The number of aryl methyl sites for hydroxylation is 1. The van der Waals surface area contributed by atoms with E-state index in [4.69, 9.17) is 4.74 Å². The molecule has 0 saturated carbocycles. The van der Waals surface area contributed by atoms with Crippen LogP contribution in [-0.4, -0.2) is 23.6 Å². The molecule has 0 unspecified atom stereocenters. The largest absolute Gasteiger partial charge is 0.463 e. The van der Waals surface area contributed by atoms with Crippen molar-refractivity contribution in [3.8, 4) is 6.01 Å². The first-order valence-corrected chi connectivity index (χ1v) is 9.27. The SMILES string of the molecule is CCCCCCOc1ncc(C(F)(F)F)c(N(C)c2ccccc2CC)n1. The first-order valence-electron chi connectivity index (χ1n) is 9.27. The molecule has 0 fully saturated rings. The molecule has 1 aromatic heterocycles. The molecule has 1 heterocycles. The van der Waals surface area contributed by atoms with Crippen molar-refractivity contribution in [3.63, 3.8) is 0 Å². The number of nitrogens with zero attached hydrogens (tertiary/aromatic N) is 3. The van der Waals surface area contributed by atoms with Gasteiger partial charge in [-0.25, -0.2) is 4.98 Å². The molecule has 1 aromatic carbocycles. The van der Waals surface area contributed by atoms with Crippen molar-refractivity contribution in [2.45, 2.75) is 52.1 Å². The number of halogens is 3. The van der Waals surface area contributed by atoms with Crippen LogP contribution < -0.4 is 9.64 Å². The van der Waals surface area contributed by atoms with Gasteiger partial charge in [-0.2, -0.15) is 18.2 Å². The lowest BCUT2D eigenvalue weighted by Gasteiger charge is -2.24. The first-order chi connectivity index (χ1) is 12.9. The maximum atomic E-state index is 13.5. The van der Waals surface area contributed by atoms with E-state index in [-0.39, 0.29) is 11.8 Å². The van der Waals surface area contributed by atoms with Crippen LogP contribution in [0.25, 0.3) is 0 Å². The second-order valence-electron chi connectivity index (χ2n) is 6.34. The molecule has 4 nitrogen and oxygen atoms in total. The van der Waals surface area contributed by atoms with Gasteiger partial charge < -0.3 is 9.64 Å². The summed E-state index contributed by atoms with van der Waals surface area (Å²) in [7, 11) is 1.58. The predicted molar refractivity (Wildman–Crippen MR) is 101 cm³/mol. The van der Waals surface area contributed by atoms with Crippen molar-refractivity contribution in [2.75, 3.05) is 18.6 Å². The topological polar surface area (TPSA) is 38.2 Å². The minimum atomic E-state index is -4.55. The molecule has 27 heavy (non-hydrogen) atoms. The molecule has 0 aliphatic rings. The Hall–Kier alpha value is -2.31. The van der Waals surface area contributed by atoms with E-state index in [1.165, 1.54) is 4.90 Å². The summed E-state index contributed by atoms with van der Waals surface area (Å²) in [5.74, 6) is -0.207. The van der Waals surface area contributed by atoms with E-state index in [2.05, 4.69) is 16.9 Å². The zero-order valence-corrected chi connectivity index (χ0v) is 16.0. The number of rotatable bonds is 9. The fraction of sp³-hybridized carbons (Fsp3) is 0.500. The maximum Gasteiger partial charge on any atom is 0.421 e. The molecule has 7 heteroatoms. The predicted octanol–water partition coefficient (Wildman–Crippen LogP) is 5.78. The molecular formula is C20H26F3N3O. The van der Waals surface area contributed by atoms with Gasteiger partial charge in [0.05, 0.1) is 6.61 Å². The minimum absolute atomic E-state index is 0.0321. The van der Waals surface area contributed by atoms with Gasteiger partial charge in [-0.3, -0.25) is 0 Å². The van der Waals surface area contributed by atoms with Crippen molar-refractivity contribution in [2.24, 2.45) is 0 Å². The van der Waals surface area contributed by atoms with Crippen molar-refractivity contribution in [3.05, 3.63) is 41.6 Å². The molecule has 0 saturated heterocycles. The number of alkyl halides is 3. The van der Waals surface area contributed by atoms with Gasteiger partial charge in [-0.1, -0.05) is 51.3 Å². The Balaban J connectivity index is 2.31. The average molecular weight is 381 g/mol. The van der Waals surface area contributed by atoms with E-state index in [0.29, 0.717) is 18.7 Å². The summed E-state index contributed by atoms with van der Waals surface area (Å²) in [6.45, 7) is 4.46. The molecule has 0 aliphatic carbocycles. The normalized spacial score (nSPS) is 11.5. The summed E-state index contributed by atoms with van der Waals surface area (Å²) in [5, 5.41) is 0. The van der Waals surface area contributed by atoms with Gasteiger partial charge in [0.1, 0.15) is 5.56 Å². The number of benzene rings is 1. The van der Waals surface area contributed by atoms with Gasteiger partial charge in [-0.05, 0) is 24.5 Å². The zero-order chi connectivity index (χ0) is 19.9. The smallest absolute Gasteiger partial charge is 0.421 e. The van der Waals surface area contributed by atoms with Crippen LogP contribution >= 0.6 is 0 Å². The van der Waals surface area contributed by atoms with Crippen LogP contribution in [0, 0.1) is 0 Å². The van der Waals surface area contributed by atoms with Crippen LogP contribution in [0.1, 0.15) is 50.7 Å². The molecule has 0 N–H and O–H groups in total. The Morgan fingerprint density at radius 2 is 1.81 bits per heavy atom. The highest BCUT2D eigenvalue weighted by Gasteiger charge is 2.37. The Labute approximate surface area is 158 Å². The third kappa shape index (κ3) is 5.58. The zero-order valence-electron chi connectivity index (χ0n) is 16.0. The summed E-state index contributed by atoms with van der Waals surface area (Å²) >= 11 is 0. The summed E-state index contributed by atoms with van der Waals surface area (Å²) in [6.07, 6.45) is 0.977. The third-order valence-electron chi connectivity index (χ3n) is 4.33. The molecule has 0 spiro atoms. The Kier molecular flexibility index (Phi) is 7.45. The average Bonchev–Trinajstić information content (AvgIpc) is 2.66. The highest BCUT2D eigenvalue weighted by molar-refractivity contribution is 5.66. The second kappa shape index (κ2) is 9.58. The Morgan fingerprint density at radius 3 is 2.48 bits per heavy atom. The standard InChI is InChI=1S/C20H26F3N3O/c1-4-6-7-10-13-27-19-24-14-16(20(21,22)23)18(25-19)26(3)17-12-9-8-11-15(17)5-2/h8-9,11-12,14H,4-7,10,13H2,1-3H3. The highest BCUT2D eigenvalue weighted by atomic mass is 19.4. The van der Waals surface area contributed by atoms with Crippen LogP contribution in [-0.2, 0) is 12.6 Å².